The largest absolute Gasteiger partial charge is 0.465 e. The smallest absolute Gasteiger partial charge is 0.454 e. The molecule has 1 aliphatic rings. The average molecular weight is 554 g/mol. The van der Waals surface area contributed by atoms with Crippen LogP contribution >= 0.6 is 0 Å². The zero-order valence-corrected chi connectivity index (χ0v) is 22.1. The SMILES string of the molecule is COC(=O)c1ccc2c(c1)[nH]c1nc(Cc3cccc(C(=O)C(F)(F)F)c3)nc(NCCCN3CCCCC3)c12. The van der Waals surface area contributed by atoms with E-state index in [4.69, 9.17) is 9.72 Å². The number of carbonyl (C=O) groups is 2. The fraction of sp³-hybridized carbons (Fsp3) is 0.379. The minimum Gasteiger partial charge on any atom is -0.465 e. The normalized spacial score (nSPS) is 14.5. The lowest BCUT2D eigenvalue weighted by Crippen LogP contribution is -2.31. The maximum atomic E-state index is 13.0. The molecule has 11 heteroatoms. The molecule has 0 saturated carbocycles. The highest BCUT2D eigenvalue weighted by Crippen LogP contribution is 2.31. The van der Waals surface area contributed by atoms with E-state index in [-0.39, 0.29) is 6.42 Å². The van der Waals surface area contributed by atoms with Crippen LogP contribution < -0.4 is 5.32 Å². The number of hydrogen-bond acceptors (Lipinski definition) is 7. The molecule has 40 heavy (non-hydrogen) atoms. The molecule has 4 aromatic rings. The molecular weight excluding hydrogens is 523 g/mol. The molecule has 1 aliphatic heterocycles. The number of benzene rings is 2. The third-order valence-corrected chi connectivity index (χ3v) is 7.12. The van der Waals surface area contributed by atoms with Gasteiger partial charge in [-0.05, 0) is 62.7 Å². The van der Waals surface area contributed by atoms with Crippen molar-refractivity contribution in [2.24, 2.45) is 0 Å². The highest BCUT2D eigenvalue weighted by Gasteiger charge is 2.39. The van der Waals surface area contributed by atoms with Crippen molar-refractivity contribution < 1.29 is 27.5 Å². The maximum absolute atomic E-state index is 13.0. The van der Waals surface area contributed by atoms with E-state index < -0.39 is 23.5 Å². The molecule has 0 unspecified atom stereocenters. The van der Waals surface area contributed by atoms with E-state index in [9.17, 15) is 22.8 Å². The Morgan fingerprint density at radius 2 is 1.85 bits per heavy atom. The van der Waals surface area contributed by atoms with Crippen LogP contribution in [0.5, 0.6) is 0 Å². The predicted molar refractivity (Wildman–Crippen MR) is 146 cm³/mol. The molecule has 1 fully saturated rings. The van der Waals surface area contributed by atoms with E-state index in [2.05, 4.69) is 20.2 Å². The topological polar surface area (TPSA) is 100 Å². The predicted octanol–water partition coefficient (Wildman–Crippen LogP) is 5.52. The first kappa shape index (κ1) is 27.6. The number of likely N-dealkylation sites (tertiary alicyclic amines) is 1. The average Bonchev–Trinajstić information content (AvgIpc) is 3.32. The minimum absolute atomic E-state index is 0.125. The molecule has 2 N–H and O–H groups in total. The van der Waals surface area contributed by atoms with Gasteiger partial charge in [-0.25, -0.2) is 14.8 Å². The third-order valence-electron chi connectivity index (χ3n) is 7.12. The van der Waals surface area contributed by atoms with Crippen LogP contribution in [0.2, 0.25) is 0 Å². The van der Waals surface area contributed by atoms with Gasteiger partial charge in [-0.2, -0.15) is 13.2 Å². The van der Waals surface area contributed by atoms with Crippen molar-refractivity contribution in [2.75, 3.05) is 38.6 Å². The van der Waals surface area contributed by atoms with Crippen molar-refractivity contribution in [3.05, 3.63) is 65.0 Å². The van der Waals surface area contributed by atoms with E-state index in [0.717, 1.165) is 42.9 Å². The molecule has 2 aromatic carbocycles. The van der Waals surface area contributed by atoms with Crippen molar-refractivity contribution in [1.82, 2.24) is 19.9 Å². The molecule has 0 spiro atoms. The molecule has 0 bridgehead atoms. The fourth-order valence-corrected chi connectivity index (χ4v) is 5.16. The summed E-state index contributed by atoms with van der Waals surface area (Å²) in [5, 5.41) is 5.02. The number of fused-ring (bicyclic) bond motifs is 3. The van der Waals surface area contributed by atoms with Crippen LogP contribution in [0.4, 0.5) is 19.0 Å². The third kappa shape index (κ3) is 6.09. The molecule has 0 radical (unpaired) electrons. The van der Waals surface area contributed by atoms with Crippen molar-refractivity contribution in [1.29, 1.82) is 0 Å². The number of anilines is 1. The maximum Gasteiger partial charge on any atom is 0.454 e. The lowest BCUT2D eigenvalue weighted by molar-refractivity contribution is -0.0885. The van der Waals surface area contributed by atoms with Gasteiger partial charge in [0.05, 0.1) is 18.1 Å². The van der Waals surface area contributed by atoms with Crippen LogP contribution in [0, 0.1) is 0 Å². The highest BCUT2D eigenvalue weighted by molar-refractivity contribution is 6.12. The monoisotopic (exact) mass is 553 g/mol. The summed E-state index contributed by atoms with van der Waals surface area (Å²) in [7, 11) is 1.32. The summed E-state index contributed by atoms with van der Waals surface area (Å²) in [5.74, 6) is -1.38. The summed E-state index contributed by atoms with van der Waals surface area (Å²) in [5.41, 5.74) is 1.65. The van der Waals surface area contributed by atoms with Crippen LogP contribution in [0.15, 0.2) is 42.5 Å². The molecule has 0 atom stereocenters. The second-order valence-corrected chi connectivity index (χ2v) is 9.98. The second-order valence-electron chi connectivity index (χ2n) is 9.98. The first-order chi connectivity index (χ1) is 19.2. The summed E-state index contributed by atoms with van der Waals surface area (Å²) in [6.45, 7) is 3.88. The van der Waals surface area contributed by atoms with Crippen LogP contribution in [0.1, 0.15) is 57.8 Å². The Labute approximate surface area is 228 Å². The van der Waals surface area contributed by atoms with Gasteiger partial charge in [-0.3, -0.25) is 4.79 Å². The number of Topliss-reactive ketones (excluding diaryl/α,β-unsaturated/α-hetero) is 1. The Hall–Kier alpha value is -3.99. The zero-order chi connectivity index (χ0) is 28.3. The van der Waals surface area contributed by atoms with Gasteiger partial charge >= 0.3 is 12.1 Å². The fourth-order valence-electron chi connectivity index (χ4n) is 5.16. The van der Waals surface area contributed by atoms with Gasteiger partial charge < -0.3 is 19.9 Å². The lowest BCUT2D eigenvalue weighted by Gasteiger charge is -2.26. The summed E-state index contributed by atoms with van der Waals surface area (Å²) in [4.78, 5) is 38.9. The number of nitrogens with one attached hydrogen (secondary N) is 2. The number of piperidine rings is 1. The Bertz CT molecular complexity index is 1540. The van der Waals surface area contributed by atoms with Gasteiger partial charge in [0.2, 0.25) is 0 Å². The minimum atomic E-state index is -4.95. The number of ketones is 1. The van der Waals surface area contributed by atoms with Crippen molar-refractivity contribution >= 4 is 39.5 Å². The number of esters is 1. The standard InChI is InChI=1S/C29H30F3N5O3/c1-40-28(39)20-9-10-21-22(17-20)34-27-24(21)26(33-11-6-14-37-12-3-2-4-13-37)35-23(36-27)16-18-7-5-8-19(15-18)25(38)29(30,31)32/h5,7-10,15,17H,2-4,6,11-14,16H2,1H3,(H2,33,34,35,36). The Balaban J connectivity index is 1.46. The zero-order valence-electron chi connectivity index (χ0n) is 22.1. The van der Waals surface area contributed by atoms with Gasteiger partial charge in [-0.1, -0.05) is 30.7 Å². The van der Waals surface area contributed by atoms with Crippen LogP contribution in [0.25, 0.3) is 21.9 Å². The number of H-pyrrole nitrogens is 1. The Morgan fingerprint density at radius 1 is 1.05 bits per heavy atom. The molecule has 3 heterocycles. The van der Waals surface area contributed by atoms with Gasteiger partial charge in [0.1, 0.15) is 17.3 Å². The summed E-state index contributed by atoms with van der Waals surface area (Å²) >= 11 is 0. The van der Waals surface area contributed by atoms with Crippen molar-refractivity contribution in [3.63, 3.8) is 0 Å². The van der Waals surface area contributed by atoms with Gasteiger partial charge in [-0.15, -0.1) is 0 Å². The molecule has 5 rings (SSSR count). The van der Waals surface area contributed by atoms with Crippen molar-refractivity contribution in [3.8, 4) is 0 Å². The van der Waals surface area contributed by atoms with E-state index >= 15 is 0 Å². The van der Waals surface area contributed by atoms with Crippen molar-refractivity contribution in [2.45, 2.75) is 38.3 Å². The quantitative estimate of drug-likeness (QED) is 0.160. The number of methoxy groups -OCH3 is 1. The molecule has 2 aromatic heterocycles. The lowest BCUT2D eigenvalue weighted by atomic mass is 10.0. The number of carbonyl (C=O) groups excluding carboxylic acids is 2. The molecular formula is C29H30F3N5O3. The first-order valence-corrected chi connectivity index (χ1v) is 13.3. The van der Waals surface area contributed by atoms with Gasteiger partial charge in [0.15, 0.2) is 0 Å². The highest BCUT2D eigenvalue weighted by atomic mass is 19.4. The number of nitrogens with zero attached hydrogens (tertiary/aromatic N) is 3. The number of halogens is 3. The summed E-state index contributed by atoms with van der Waals surface area (Å²) < 4.78 is 43.8. The number of aromatic nitrogens is 3. The van der Waals surface area contributed by atoms with E-state index in [1.807, 2.05) is 6.07 Å². The van der Waals surface area contributed by atoms with Crippen LogP contribution in [0.3, 0.4) is 0 Å². The number of alkyl halides is 3. The van der Waals surface area contributed by atoms with E-state index in [0.29, 0.717) is 40.5 Å². The Kier molecular flexibility index (Phi) is 8.02. The molecule has 1 saturated heterocycles. The number of hydrogen-bond donors (Lipinski definition) is 2. The number of rotatable bonds is 9. The second kappa shape index (κ2) is 11.6. The molecule has 0 aliphatic carbocycles. The van der Waals surface area contributed by atoms with Crippen LogP contribution in [-0.4, -0.2) is 71.1 Å². The number of aromatic amines is 1. The van der Waals surface area contributed by atoms with Gasteiger partial charge in [0, 0.05) is 29.4 Å². The number of ether oxygens (including phenoxy) is 1. The molecule has 8 nitrogen and oxygen atoms in total. The molecule has 210 valence electrons. The van der Waals surface area contributed by atoms with Crippen LogP contribution in [-0.2, 0) is 11.2 Å². The Morgan fingerprint density at radius 3 is 2.60 bits per heavy atom. The summed E-state index contributed by atoms with van der Waals surface area (Å²) in [6.07, 6.45) is -0.184. The van der Waals surface area contributed by atoms with E-state index in [1.165, 1.54) is 38.5 Å². The van der Waals surface area contributed by atoms with Gasteiger partial charge in [0.25, 0.3) is 5.78 Å². The summed E-state index contributed by atoms with van der Waals surface area (Å²) in [6, 6.07) is 10.6. The first-order valence-electron chi connectivity index (χ1n) is 13.3. The van der Waals surface area contributed by atoms with E-state index in [1.54, 1.807) is 18.2 Å². The molecule has 0 amide bonds.